The van der Waals surface area contributed by atoms with Gasteiger partial charge in [-0.3, -0.25) is 4.79 Å². The van der Waals surface area contributed by atoms with Gasteiger partial charge in [-0.1, -0.05) is 0 Å². The molecule has 0 aliphatic heterocycles. The highest BCUT2D eigenvalue weighted by Crippen LogP contribution is 2.22. The molecule has 3 aromatic rings. The molecule has 12 nitrogen and oxygen atoms in total. The first-order chi connectivity index (χ1) is 17.8. The van der Waals surface area contributed by atoms with Gasteiger partial charge in [-0.25, -0.2) is 19.2 Å². The number of aliphatic hydroxyl groups is 1. The minimum atomic E-state index is -1.69. The van der Waals surface area contributed by atoms with Crippen molar-refractivity contribution in [3.05, 3.63) is 41.9 Å². The maximum absolute atomic E-state index is 14.2. The first-order valence-electron chi connectivity index (χ1n) is 11.9. The maximum Gasteiger partial charge on any atom is 0.407 e. The number of pyridine rings is 2. The number of alkyl carbamates (subject to hydrolysis) is 1. The van der Waals surface area contributed by atoms with E-state index in [1.165, 1.54) is 30.9 Å². The SMILES string of the molecule is CC(C)(C)OC(=O)NCCNc1cc(-n2ncc3cc(C#N)cnc32)ncc1C(=O)NC[C@@H](F)C(C)(C)O. The monoisotopic (exact) mass is 526 g/mol. The molecule has 4 N–H and O–H groups in total. The predicted octanol–water partition coefficient (Wildman–Crippen LogP) is 2.46. The topological polar surface area (TPSA) is 167 Å². The van der Waals surface area contributed by atoms with Crippen molar-refractivity contribution in [1.29, 1.82) is 5.26 Å². The fraction of sp³-hybridized carbons (Fsp3) is 0.440. The number of rotatable bonds is 9. The van der Waals surface area contributed by atoms with E-state index < -0.39 is 35.9 Å². The van der Waals surface area contributed by atoms with Gasteiger partial charge in [-0.2, -0.15) is 15.0 Å². The van der Waals surface area contributed by atoms with Crippen LogP contribution < -0.4 is 16.0 Å². The number of aromatic nitrogens is 4. The molecule has 0 aliphatic carbocycles. The van der Waals surface area contributed by atoms with E-state index in [1.807, 2.05) is 6.07 Å². The number of nitrogens with one attached hydrogen (secondary N) is 3. The van der Waals surface area contributed by atoms with Crippen LogP contribution >= 0.6 is 0 Å². The number of alkyl halides is 1. The van der Waals surface area contributed by atoms with Gasteiger partial charge in [-0.05, 0) is 40.7 Å². The second-order valence-electron chi connectivity index (χ2n) is 10.1. The van der Waals surface area contributed by atoms with Gasteiger partial charge in [0.25, 0.3) is 5.91 Å². The van der Waals surface area contributed by atoms with E-state index in [0.717, 1.165) is 0 Å². The second kappa shape index (κ2) is 11.4. The minimum Gasteiger partial charge on any atom is -0.444 e. The van der Waals surface area contributed by atoms with Gasteiger partial charge >= 0.3 is 6.09 Å². The van der Waals surface area contributed by atoms with E-state index in [-0.39, 0.29) is 18.7 Å². The zero-order chi connectivity index (χ0) is 28.1. The lowest BCUT2D eigenvalue weighted by Gasteiger charge is -2.22. The number of hydrogen-bond acceptors (Lipinski definition) is 9. The van der Waals surface area contributed by atoms with Gasteiger partial charge in [0.05, 0.1) is 35.2 Å². The number of carbonyl (C=O) groups is 2. The van der Waals surface area contributed by atoms with Crippen LogP contribution in [0.1, 0.15) is 50.5 Å². The van der Waals surface area contributed by atoms with Gasteiger partial charge in [-0.15, -0.1) is 0 Å². The first-order valence-corrected chi connectivity index (χ1v) is 11.9. The number of amides is 2. The molecule has 0 bridgehead atoms. The van der Waals surface area contributed by atoms with Crippen LogP contribution in [0.3, 0.4) is 0 Å². The van der Waals surface area contributed by atoms with E-state index >= 15 is 0 Å². The third-order valence-electron chi connectivity index (χ3n) is 5.21. The molecule has 3 aromatic heterocycles. The van der Waals surface area contributed by atoms with Gasteiger partial charge in [0.2, 0.25) is 0 Å². The maximum atomic E-state index is 14.2. The van der Waals surface area contributed by atoms with Gasteiger partial charge < -0.3 is 25.8 Å². The molecule has 0 aliphatic rings. The standard InChI is InChI=1S/C25H31FN8O4/c1-24(2,3)38-23(36)29-7-6-28-18-9-20(34-21-16(12-33-34)8-15(10-27)11-31-21)30-13-17(18)22(35)32-14-19(26)25(4,5)37/h8-9,11-13,19,37H,6-7,14H2,1-5H3,(H,28,30)(H,29,36)(H,32,35)/t19-/m1/s1. The quantitative estimate of drug-likeness (QED) is 0.306. The molecule has 0 aromatic carbocycles. The molecule has 13 heteroatoms. The number of anilines is 1. The van der Waals surface area contributed by atoms with E-state index in [1.54, 1.807) is 39.1 Å². The number of hydrogen-bond donors (Lipinski definition) is 4. The molecule has 3 heterocycles. The number of nitrogens with zero attached hydrogens (tertiary/aromatic N) is 5. The van der Waals surface area contributed by atoms with Crippen molar-refractivity contribution >= 4 is 28.7 Å². The summed E-state index contributed by atoms with van der Waals surface area (Å²) < 4.78 is 20.9. The number of carbonyl (C=O) groups excluding carboxylic acids is 2. The van der Waals surface area contributed by atoms with Crippen molar-refractivity contribution in [1.82, 2.24) is 30.4 Å². The van der Waals surface area contributed by atoms with Crippen LogP contribution in [0.25, 0.3) is 16.9 Å². The highest BCUT2D eigenvalue weighted by molar-refractivity contribution is 5.99. The van der Waals surface area contributed by atoms with Crippen LogP contribution in [0.5, 0.6) is 0 Å². The summed E-state index contributed by atoms with van der Waals surface area (Å²) in [6, 6.07) is 5.24. The lowest BCUT2D eigenvalue weighted by molar-refractivity contribution is -0.00178. The van der Waals surface area contributed by atoms with E-state index in [0.29, 0.717) is 28.1 Å². The first kappa shape index (κ1) is 28.3. The van der Waals surface area contributed by atoms with Crippen LogP contribution in [0.4, 0.5) is 14.9 Å². The average molecular weight is 527 g/mol. The molecule has 1 atom stereocenters. The summed E-state index contributed by atoms with van der Waals surface area (Å²) in [4.78, 5) is 33.4. The van der Waals surface area contributed by atoms with Gasteiger partial charge in [0.15, 0.2) is 11.5 Å². The largest absolute Gasteiger partial charge is 0.444 e. The summed E-state index contributed by atoms with van der Waals surface area (Å²) in [6.07, 6.45) is 2.00. The average Bonchev–Trinajstić information content (AvgIpc) is 3.26. The third-order valence-corrected chi connectivity index (χ3v) is 5.21. The highest BCUT2D eigenvalue weighted by Gasteiger charge is 2.27. The molecule has 0 radical (unpaired) electrons. The van der Waals surface area contributed by atoms with Crippen molar-refractivity contribution in [2.45, 2.75) is 52.0 Å². The summed E-state index contributed by atoms with van der Waals surface area (Å²) in [7, 11) is 0. The Bertz CT molecular complexity index is 1350. The van der Waals surface area contributed by atoms with Crippen LogP contribution in [0, 0.1) is 11.3 Å². The molecule has 0 fully saturated rings. The Balaban J connectivity index is 1.84. The predicted molar refractivity (Wildman–Crippen MR) is 138 cm³/mol. The van der Waals surface area contributed by atoms with Crippen molar-refractivity contribution < 1.29 is 23.8 Å². The Hall–Kier alpha value is -4.31. The smallest absolute Gasteiger partial charge is 0.407 e. The Morgan fingerprint density at radius 3 is 2.53 bits per heavy atom. The molecule has 0 saturated carbocycles. The fourth-order valence-electron chi connectivity index (χ4n) is 3.24. The van der Waals surface area contributed by atoms with E-state index in [9.17, 15) is 19.1 Å². The number of halogens is 1. The Morgan fingerprint density at radius 2 is 1.87 bits per heavy atom. The summed E-state index contributed by atoms with van der Waals surface area (Å²) in [6.45, 7) is 7.89. The van der Waals surface area contributed by atoms with Crippen molar-refractivity contribution in [2.75, 3.05) is 25.0 Å². The molecule has 0 unspecified atom stereocenters. The van der Waals surface area contributed by atoms with Crippen molar-refractivity contribution in [2.24, 2.45) is 0 Å². The van der Waals surface area contributed by atoms with Crippen LogP contribution in [-0.4, -0.2) is 73.9 Å². The Morgan fingerprint density at radius 1 is 1.13 bits per heavy atom. The zero-order valence-corrected chi connectivity index (χ0v) is 21.9. The lowest BCUT2D eigenvalue weighted by atomic mass is 10.0. The lowest BCUT2D eigenvalue weighted by Crippen LogP contribution is -2.42. The fourth-order valence-corrected chi connectivity index (χ4v) is 3.24. The molecule has 0 spiro atoms. The zero-order valence-electron chi connectivity index (χ0n) is 21.9. The van der Waals surface area contributed by atoms with Crippen LogP contribution in [0.15, 0.2) is 30.7 Å². The number of fused-ring (bicyclic) bond motifs is 1. The normalized spacial score (nSPS) is 12.5. The van der Waals surface area contributed by atoms with Crippen LogP contribution in [0.2, 0.25) is 0 Å². The van der Waals surface area contributed by atoms with E-state index in [2.05, 4.69) is 31.0 Å². The molecule has 38 heavy (non-hydrogen) atoms. The van der Waals surface area contributed by atoms with Crippen molar-refractivity contribution in [3.63, 3.8) is 0 Å². The molecule has 2 amide bonds. The summed E-state index contributed by atoms with van der Waals surface area (Å²) in [5, 5.41) is 32.0. The Kier molecular flexibility index (Phi) is 8.47. The summed E-state index contributed by atoms with van der Waals surface area (Å²) in [5.74, 6) is -0.281. The number of ether oxygens (including phenoxy) is 1. The molecular formula is C25H31FN8O4. The summed E-state index contributed by atoms with van der Waals surface area (Å²) in [5.41, 5.74) is -0.969. The van der Waals surface area contributed by atoms with Crippen molar-refractivity contribution in [3.8, 4) is 11.9 Å². The molecule has 3 rings (SSSR count). The Labute approximate surface area is 219 Å². The number of nitriles is 1. The third kappa shape index (κ3) is 7.36. The summed E-state index contributed by atoms with van der Waals surface area (Å²) >= 11 is 0. The second-order valence-corrected chi connectivity index (χ2v) is 10.1. The molecule has 202 valence electrons. The highest BCUT2D eigenvalue weighted by atomic mass is 19.1. The minimum absolute atomic E-state index is 0.116. The van der Waals surface area contributed by atoms with Crippen LogP contribution in [-0.2, 0) is 4.74 Å². The van der Waals surface area contributed by atoms with E-state index in [4.69, 9.17) is 10.00 Å². The van der Waals surface area contributed by atoms with Gasteiger partial charge in [0.1, 0.15) is 17.8 Å². The molecule has 0 saturated heterocycles. The van der Waals surface area contributed by atoms with Gasteiger partial charge in [0, 0.05) is 36.9 Å². The molecular weight excluding hydrogens is 495 g/mol.